The van der Waals surface area contributed by atoms with Crippen LogP contribution in [-0.4, -0.2) is 72.5 Å². The zero-order chi connectivity index (χ0) is 38.7. The molecule has 2 N–H and O–H groups in total. The fraction of sp³-hybridized carbons (Fsp3) is 0.306. The van der Waals surface area contributed by atoms with Gasteiger partial charge in [0.25, 0.3) is 17.0 Å². The molecule has 0 aliphatic heterocycles. The van der Waals surface area contributed by atoms with Crippen molar-refractivity contribution >= 4 is 5.97 Å². The van der Waals surface area contributed by atoms with Crippen LogP contribution in [0.5, 0.6) is 28.7 Å². The number of hydrogen-bond donors (Lipinski definition) is 2. The molecule has 0 saturated heterocycles. The summed E-state index contributed by atoms with van der Waals surface area (Å²) in [6.07, 6.45) is 1.53. The summed E-state index contributed by atoms with van der Waals surface area (Å²) in [4.78, 5) is 39.1. The Hall–Kier alpha value is -6.23. The topological polar surface area (TPSA) is 186 Å². The van der Waals surface area contributed by atoms with Gasteiger partial charge in [0.2, 0.25) is 5.89 Å². The molecule has 0 aliphatic rings. The lowest BCUT2D eigenvalue weighted by molar-refractivity contribution is -0.142. The van der Waals surface area contributed by atoms with Crippen molar-refractivity contribution in [3.05, 3.63) is 98.2 Å². The number of aromatic amines is 1. The lowest BCUT2D eigenvalue weighted by Gasteiger charge is -2.18. The Labute approximate surface area is 301 Å². The average Bonchev–Trinajstić information content (AvgIpc) is 3.60. The van der Waals surface area contributed by atoms with Crippen LogP contribution >= 0.6 is 0 Å². The molecule has 0 atom stereocenters. The molecule has 2 aromatic carbocycles. The third-order valence-corrected chi connectivity index (χ3v) is 7.52. The number of hydrogen-bond acceptors (Lipinski definition) is 13. The molecular formula is C36H38F2N4O11. The number of H-pyrrole nitrogens is 1. The van der Waals surface area contributed by atoms with Gasteiger partial charge in [0.05, 0.1) is 64.9 Å². The second-order valence-electron chi connectivity index (χ2n) is 10.8. The highest BCUT2D eigenvalue weighted by Gasteiger charge is 2.28. The summed E-state index contributed by atoms with van der Waals surface area (Å²) < 4.78 is 65.3. The number of methoxy groups -OCH3 is 4. The second kappa shape index (κ2) is 18.3. The van der Waals surface area contributed by atoms with Crippen molar-refractivity contribution < 1.29 is 51.5 Å². The summed E-state index contributed by atoms with van der Waals surface area (Å²) in [6, 6.07) is 9.29. The van der Waals surface area contributed by atoms with Crippen LogP contribution in [0.25, 0.3) is 22.6 Å². The first-order chi connectivity index (χ1) is 25.5. The minimum atomic E-state index is -0.724. The molecule has 0 spiro atoms. The highest BCUT2D eigenvalue weighted by molar-refractivity contribution is 5.87. The lowest BCUT2D eigenvalue weighted by atomic mass is 9.98. The zero-order valence-electron chi connectivity index (χ0n) is 29.8. The molecule has 3 aromatic heterocycles. The van der Waals surface area contributed by atoms with Crippen LogP contribution in [0.1, 0.15) is 31.0 Å². The molecule has 0 fully saturated rings. The normalized spacial score (nSPS) is 10.6. The highest BCUT2D eigenvalue weighted by Crippen LogP contribution is 2.46. The van der Waals surface area contributed by atoms with Crippen molar-refractivity contribution in [2.45, 2.75) is 33.4 Å². The Balaban J connectivity index is 0.000000310. The maximum atomic E-state index is 14.2. The number of rotatable bonds is 14. The average molecular weight is 741 g/mol. The molecule has 0 radical (unpaired) electrons. The van der Waals surface area contributed by atoms with Gasteiger partial charge >= 0.3 is 5.97 Å². The molecule has 5 rings (SSSR count). The van der Waals surface area contributed by atoms with E-state index in [1.165, 1.54) is 51.2 Å². The molecule has 0 aliphatic carbocycles. The van der Waals surface area contributed by atoms with E-state index in [-0.39, 0.29) is 82.3 Å². The first-order valence-corrected chi connectivity index (χ1v) is 16.0. The number of carbonyl (C=O) groups is 1. The van der Waals surface area contributed by atoms with Crippen LogP contribution < -0.4 is 30.1 Å². The van der Waals surface area contributed by atoms with Crippen LogP contribution in [0.2, 0.25) is 0 Å². The van der Waals surface area contributed by atoms with Crippen molar-refractivity contribution in [1.29, 1.82) is 0 Å². The van der Waals surface area contributed by atoms with Crippen LogP contribution in [0.15, 0.2) is 62.7 Å². The monoisotopic (exact) mass is 740 g/mol. The first-order valence-electron chi connectivity index (χ1n) is 16.0. The zero-order valence-corrected chi connectivity index (χ0v) is 29.8. The summed E-state index contributed by atoms with van der Waals surface area (Å²) in [7, 11) is 5.48. The molecular weight excluding hydrogens is 702 g/mol. The van der Waals surface area contributed by atoms with E-state index in [4.69, 9.17) is 32.8 Å². The number of carbonyl (C=O) groups excluding carboxylic acids is 1. The van der Waals surface area contributed by atoms with E-state index < -0.39 is 28.9 Å². The van der Waals surface area contributed by atoms with E-state index in [0.29, 0.717) is 18.8 Å². The van der Waals surface area contributed by atoms with Crippen molar-refractivity contribution in [1.82, 2.24) is 19.7 Å². The van der Waals surface area contributed by atoms with Crippen LogP contribution in [0.3, 0.4) is 0 Å². The van der Waals surface area contributed by atoms with Crippen molar-refractivity contribution in [2.75, 3.05) is 41.7 Å². The van der Waals surface area contributed by atoms with Gasteiger partial charge in [-0.1, -0.05) is 6.07 Å². The summed E-state index contributed by atoms with van der Waals surface area (Å²) >= 11 is 0. The van der Waals surface area contributed by atoms with Gasteiger partial charge in [0.15, 0.2) is 0 Å². The third kappa shape index (κ3) is 9.36. The summed E-state index contributed by atoms with van der Waals surface area (Å²) in [5.74, 6) is -1.64. The largest absolute Gasteiger partial charge is 0.506 e. The minimum Gasteiger partial charge on any atom is -0.506 e. The molecule has 0 saturated carbocycles. The van der Waals surface area contributed by atoms with E-state index in [2.05, 4.69) is 15.2 Å². The van der Waals surface area contributed by atoms with Crippen molar-refractivity contribution in [3.8, 4) is 51.3 Å². The fourth-order valence-corrected chi connectivity index (χ4v) is 5.18. The van der Waals surface area contributed by atoms with Gasteiger partial charge < -0.3 is 47.5 Å². The molecule has 282 valence electrons. The van der Waals surface area contributed by atoms with E-state index in [1.54, 1.807) is 32.2 Å². The van der Waals surface area contributed by atoms with Crippen LogP contribution in [0.4, 0.5) is 8.78 Å². The number of halogens is 2. The maximum Gasteiger partial charge on any atom is 0.310 e. The SMILES string of the molecule is CCOC(=O)Cc1c(OC)cc(F)cc1OC.CCOCc1[nH]c(=O)c(-c2nnc(Cn3ccccc3=O)o2)c(O)c1-c1c(OC)cc(F)cc1OC. The molecule has 0 unspecified atom stereocenters. The second-order valence-corrected chi connectivity index (χ2v) is 10.8. The van der Waals surface area contributed by atoms with Crippen LogP contribution in [0, 0.1) is 11.6 Å². The third-order valence-electron chi connectivity index (χ3n) is 7.52. The molecule has 53 heavy (non-hydrogen) atoms. The Bertz CT molecular complexity index is 2110. The van der Waals surface area contributed by atoms with Gasteiger partial charge in [-0.3, -0.25) is 14.4 Å². The molecule has 5 aromatic rings. The van der Waals surface area contributed by atoms with Crippen molar-refractivity contribution in [3.63, 3.8) is 0 Å². The fourth-order valence-electron chi connectivity index (χ4n) is 5.18. The van der Waals surface area contributed by atoms with Gasteiger partial charge in [0, 0.05) is 48.7 Å². The number of nitrogens with one attached hydrogen (secondary N) is 1. The highest BCUT2D eigenvalue weighted by atomic mass is 19.1. The summed E-state index contributed by atoms with van der Waals surface area (Å²) in [6.45, 7) is 3.99. The molecule has 0 bridgehead atoms. The standard InChI is InChI=1S/C24H23FN4O7.C12H15FO4/c1-4-35-12-14-19(20-15(33-2)9-13(25)10-16(20)34-3)22(31)21(23(32)26-14)24-28-27-17(36-24)11-29-8-6-5-7-18(29)30;1-4-17-12(14)7-9-10(15-2)5-8(13)6-11(9)16-3/h5-10H,4,11-12H2,1-3H3,(H2,26,31,32);5-6H,4,7H2,1-3H3. The number of pyridine rings is 2. The number of nitrogens with zero attached hydrogens (tertiary/aromatic N) is 3. The Morgan fingerprint density at radius 2 is 1.45 bits per heavy atom. The number of ether oxygens (including phenoxy) is 6. The number of esters is 1. The number of aromatic nitrogens is 4. The van der Waals surface area contributed by atoms with E-state index in [9.17, 15) is 28.3 Å². The number of benzene rings is 2. The Kier molecular flexibility index (Phi) is 13.7. The van der Waals surface area contributed by atoms with Gasteiger partial charge in [-0.2, -0.15) is 0 Å². The smallest absolute Gasteiger partial charge is 0.310 e. The van der Waals surface area contributed by atoms with E-state index >= 15 is 0 Å². The summed E-state index contributed by atoms with van der Waals surface area (Å²) in [5.41, 5.74) is -0.392. The van der Waals surface area contributed by atoms with Gasteiger partial charge in [-0.15, -0.1) is 10.2 Å². The van der Waals surface area contributed by atoms with Crippen LogP contribution in [-0.2, 0) is 33.8 Å². The van der Waals surface area contributed by atoms with E-state index in [1.807, 2.05) is 0 Å². The summed E-state index contributed by atoms with van der Waals surface area (Å²) in [5, 5.41) is 19.1. The minimum absolute atomic E-state index is 0.0134. The van der Waals surface area contributed by atoms with Crippen molar-refractivity contribution in [2.24, 2.45) is 0 Å². The molecule has 17 heteroatoms. The molecule has 0 amide bonds. The van der Waals surface area contributed by atoms with Gasteiger partial charge in [-0.05, 0) is 19.9 Å². The Morgan fingerprint density at radius 3 is 2.00 bits per heavy atom. The lowest BCUT2D eigenvalue weighted by Crippen LogP contribution is -2.18. The van der Waals surface area contributed by atoms with Gasteiger partial charge in [0.1, 0.15) is 52.5 Å². The quantitative estimate of drug-likeness (QED) is 0.150. The predicted molar refractivity (Wildman–Crippen MR) is 185 cm³/mol. The molecule has 15 nitrogen and oxygen atoms in total. The Morgan fingerprint density at radius 1 is 0.849 bits per heavy atom. The maximum absolute atomic E-state index is 14.2. The number of aromatic hydroxyl groups is 1. The van der Waals surface area contributed by atoms with E-state index in [0.717, 1.165) is 12.1 Å². The first kappa shape index (κ1) is 39.6. The molecule has 3 heterocycles. The van der Waals surface area contributed by atoms with Gasteiger partial charge in [-0.25, -0.2) is 8.78 Å². The predicted octanol–water partition coefficient (Wildman–Crippen LogP) is 4.65.